The van der Waals surface area contributed by atoms with Crippen LogP contribution in [-0.4, -0.2) is 18.0 Å². The second kappa shape index (κ2) is 7.21. The normalized spacial score (nSPS) is 24.6. The van der Waals surface area contributed by atoms with Gasteiger partial charge in [-0.25, -0.2) is 4.79 Å². The van der Waals surface area contributed by atoms with Gasteiger partial charge >= 0.3 is 11.9 Å². The van der Waals surface area contributed by atoms with Crippen LogP contribution in [0.2, 0.25) is 0 Å². The molecule has 4 unspecified atom stereocenters. The van der Waals surface area contributed by atoms with Gasteiger partial charge in [-0.15, -0.1) is 0 Å². The minimum absolute atomic E-state index is 0.0469. The quantitative estimate of drug-likeness (QED) is 0.369. The van der Waals surface area contributed by atoms with E-state index >= 15 is 0 Å². The summed E-state index contributed by atoms with van der Waals surface area (Å²) in [6, 6.07) is 22.4. The van der Waals surface area contributed by atoms with E-state index in [4.69, 9.17) is 9.47 Å². The number of carbonyl (C=O) groups excluding carboxylic acids is 2. The fraction of sp³-hybridized carbons (Fsp3) is 0.200. The third kappa shape index (κ3) is 3.31. The number of fused-ring (bicyclic) bond motifs is 3. The Labute approximate surface area is 168 Å². The summed E-state index contributed by atoms with van der Waals surface area (Å²) in [7, 11) is 0. The lowest BCUT2D eigenvalue weighted by molar-refractivity contribution is -0.143. The molecule has 2 bridgehead atoms. The number of hydrogen-bond acceptors (Lipinski definition) is 4. The predicted molar refractivity (Wildman–Crippen MR) is 109 cm³/mol. The number of ether oxygens (including phenoxy) is 2. The lowest BCUT2D eigenvalue weighted by atomic mass is 9.91. The summed E-state index contributed by atoms with van der Waals surface area (Å²) in [5.74, 6) is -0.620. The fourth-order valence-corrected chi connectivity index (χ4v) is 4.43. The Hall–Kier alpha value is -3.40. The zero-order valence-corrected chi connectivity index (χ0v) is 15.7. The van der Waals surface area contributed by atoms with Crippen molar-refractivity contribution in [2.75, 3.05) is 0 Å². The molecule has 3 aromatic carbocycles. The van der Waals surface area contributed by atoms with Crippen molar-refractivity contribution in [3.05, 3.63) is 90.5 Å². The Bertz CT molecular complexity index is 1100. The van der Waals surface area contributed by atoms with Gasteiger partial charge in [0, 0.05) is 5.92 Å². The highest BCUT2D eigenvalue weighted by Gasteiger charge is 2.51. The number of esters is 2. The van der Waals surface area contributed by atoms with Crippen LogP contribution in [0, 0.1) is 17.8 Å². The summed E-state index contributed by atoms with van der Waals surface area (Å²) in [5, 5.41) is 2.05. The number of allylic oxidation sites excluding steroid dienone is 1. The summed E-state index contributed by atoms with van der Waals surface area (Å²) >= 11 is 0. The third-order valence-electron chi connectivity index (χ3n) is 5.85. The summed E-state index contributed by atoms with van der Waals surface area (Å²) in [6.45, 7) is 0. The monoisotopic (exact) mass is 384 g/mol. The molecule has 2 aliphatic rings. The molecule has 1 fully saturated rings. The standard InChI is InChI=1S/C25H20O4/c26-24(20-13-10-16-6-4-5-7-17(16)14-20)29-23-19-12-11-18(15-19)22(23)25(27)28-21-8-2-1-3-9-21/h1-14,18-19,22-23H,15H2. The average Bonchev–Trinajstić information content (AvgIpc) is 3.36. The van der Waals surface area contributed by atoms with Gasteiger partial charge in [0.25, 0.3) is 0 Å². The summed E-state index contributed by atoms with van der Waals surface area (Å²) in [4.78, 5) is 25.7. The molecule has 4 atom stereocenters. The molecule has 4 heteroatoms. The maximum absolute atomic E-state index is 12.9. The highest BCUT2D eigenvalue weighted by molar-refractivity contribution is 5.95. The molecule has 0 N–H and O–H groups in total. The molecule has 5 rings (SSSR count). The number of benzene rings is 3. The molecule has 0 saturated heterocycles. The average molecular weight is 384 g/mol. The first kappa shape index (κ1) is 17.7. The lowest BCUT2D eigenvalue weighted by Crippen LogP contribution is -2.38. The Morgan fingerprint density at radius 1 is 0.793 bits per heavy atom. The van der Waals surface area contributed by atoms with Crippen LogP contribution in [0.3, 0.4) is 0 Å². The fourth-order valence-electron chi connectivity index (χ4n) is 4.43. The van der Waals surface area contributed by atoms with E-state index in [0.29, 0.717) is 11.3 Å². The Morgan fingerprint density at radius 2 is 1.52 bits per heavy atom. The van der Waals surface area contributed by atoms with E-state index in [1.165, 1.54) is 0 Å². The van der Waals surface area contributed by atoms with Crippen LogP contribution in [0.15, 0.2) is 84.9 Å². The Balaban J connectivity index is 1.36. The second-order valence-electron chi connectivity index (χ2n) is 7.64. The van der Waals surface area contributed by atoms with E-state index in [-0.39, 0.29) is 17.8 Å². The first-order chi connectivity index (χ1) is 14.2. The first-order valence-electron chi connectivity index (χ1n) is 9.84. The van der Waals surface area contributed by atoms with Crippen molar-refractivity contribution in [1.82, 2.24) is 0 Å². The van der Waals surface area contributed by atoms with E-state index in [9.17, 15) is 9.59 Å². The van der Waals surface area contributed by atoms with Gasteiger partial charge in [-0.1, -0.05) is 60.7 Å². The van der Waals surface area contributed by atoms with Crippen LogP contribution in [0.4, 0.5) is 0 Å². The molecule has 2 aliphatic carbocycles. The van der Waals surface area contributed by atoms with Gasteiger partial charge in [0.2, 0.25) is 0 Å². The minimum Gasteiger partial charge on any atom is -0.457 e. The summed E-state index contributed by atoms with van der Waals surface area (Å²) < 4.78 is 11.4. The summed E-state index contributed by atoms with van der Waals surface area (Å²) in [6.07, 6.45) is 4.40. The lowest BCUT2D eigenvalue weighted by Gasteiger charge is -2.26. The number of hydrogen-bond donors (Lipinski definition) is 0. The van der Waals surface area contributed by atoms with Crippen LogP contribution in [0.25, 0.3) is 10.8 Å². The van der Waals surface area contributed by atoms with Crippen molar-refractivity contribution >= 4 is 22.7 Å². The third-order valence-corrected chi connectivity index (χ3v) is 5.85. The molecule has 0 heterocycles. The Morgan fingerprint density at radius 3 is 2.34 bits per heavy atom. The van der Waals surface area contributed by atoms with Crippen LogP contribution in [-0.2, 0) is 9.53 Å². The van der Waals surface area contributed by atoms with Crippen molar-refractivity contribution in [1.29, 1.82) is 0 Å². The van der Waals surface area contributed by atoms with Crippen molar-refractivity contribution < 1.29 is 19.1 Å². The second-order valence-corrected chi connectivity index (χ2v) is 7.64. The zero-order chi connectivity index (χ0) is 19.8. The van der Waals surface area contributed by atoms with E-state index in [0.717, 1.165) is 17.2 Å². The molecule has 0 radical (unpaired) electrons. The molecule has 29 heavy (non-hydrogen) atoms. The van der Waals surface area contributed by atoms with Crippen LogP contribution in [0.5, 0.6) is 5.75 Å². The highest BCUT2D eigenvalue weighted by Crippen LogP contribution is 2.46. The van der Waals surface area contributed by atoms with Crippen LogP contribution >= 0.6 is 0 Å². The molecule has 144 valence electrons. The van der Waals surface area contributed by atoms with Gasteiger partial charge < -0.3 is 9.47 Å². The topological polar surface area (TPSA) is 52.6 Å². The van der Waals surface area contributed by atoms with Crippen molar-refractivity contribution in [2.45, 2.75) is 12.5 Å². The van der Waals surface area contributed by atoms with E-state index < -0.39 is 18.0 Å². The molecule has 4 nitrogen and oxygen atoms in total. The molecule has 3 aromatic rings. The van der Waals surface area contributed by atoms with E-state index in [1.54, 1.807) is 18.2 Å². The predicted octanol–water partition coefficient (Wildman–Crippen LogP) is 4.79. The first-order valence-corrected chi connectivity index (χ1v) is 9.84. The summed E-state index contributed by atoms with van der Waals surface area (Å²) in [5.41, 5.74) is 0.491. The number of para-hydroxylation sites is 1. The minimum atomic E-state index is -0.500. The number of rotatable bonds is 4. The van der Waals surface area contributed by atoms with Gasteiger partial charge in [-0.2, -0.15) is 0 Å². The zero-order valence-electron chi connectivity index (χ0n) is 15.7. The smallest absolute Gasteiger partial charge is 0.338 e. The number of carbonyl (C=O) groups is 2. The van der Waals surface area contributed by atoms with Gasteiger partial charge in [-0.3, -0.25) is 4.79 Å². The molecule has 0 amide bonds. The molecule has 0 aliphatic heterocycles. The van der Waals surface area contributed by atoms with Crippen LogP contribution < -0.4 is 4.74 Å². The maximum Gasteiger partial charge on any atom is 0.338 e. The highest BCUT2D eigenvalue weighted by atomic mass is 16.6. The molecular weight excluding hydrogens is 364 g/mol. The van der Waals surface area contributed by atoms with Gasteiger partial charge in [0.1, 0.15) is 17.8 Å². The van der Waals surface area contributed by atoms with Gasteiger partial charge in [0.05, 0.1) is 5.56 Å². The van der Waals surface area contributed by atoms with Crippen molar-refractivity contribution in [3.63, 3.8) is 0 Å². The SMILES string of the molecule is O=C(OC1C2C=CC(C2)C1C(=O)Oc1ccccc1)c1ccc2ccccc2c1. The molecule has 1 saturated carbocycles. The van der Waals surface area contributed by atoms with Gasteiger partial charge in [-0.05, 0) is 47.4 Å². The van der Waals surface area contributed by atoms with Crippen molar-refractivity contribution in [2.24, 2.45) is 17.8 Å². The largest absolute Gasteiger partial charge is 0.457 e. The molecular formula is C25H20O4. The Kier molecular flexibility index (Phi) is 4.39. The van der Waals surface area contributed by atoms with Crippen molar-refractivity contribution in [3.8, 4) is 5.75 Å². The molecule has 0 aromatic heterocycles. The molecule has 0 spiro atoms. The van der Waals surface area contributed by atoms with Crippen LogP contribution in [0.1, 0.15) is 16.8 Å². The van der Waals surface area contributed by atoms with E-state index in [1.807, 2.05) is 60.7 Å². The van der Waals surface area contributed by atoms with E-state index in [2.05, 4.69) is 6.08 Å². The van der Waals surface area contributed by atoms with Gasteiger partial charge in [0.15, 0.2) is 0 Å². The maximum atomic E-state index is 12.9.